The third kappa shape index (κ3) is 5.83. The zero-order chi connectivity index (χ0) is 14.5. The molecule has 0 radical (unpaired) electrons. The molecule has 6 nitrogen and oxygen atoms in total. The van der Waals surface area contributed by atoms with Gasteiger partial charge in [-0.1, -0.05) is 31.8 Å². The Bertz CT molecular complexity index is 494. The smallest absolute Gasteiger partial charge is 0.267 e. The molecule has 0 bridgehead atoms. The molecule has 1 rings (SSSR count). The van der Waals surface area contributed by atoms with E-state index in [1.165, 1.54) is 0 Å². The molecule has 0 fully saturated rings. The van der Waals surface area contributed by atoms with Crippen LogP contribution in [0.4, 0.5) is 0 Å². The molecule has 0 unspecified atom stereocenters. The average Bonchev–Trinajstić information content (AvgIpc) is 2.74. The molecule has 0 N–H and O–H groups in total. The van der Waals surface area contributed by atoms with E-state index >= 15 is 0 Å². The van der Waals surface area contributed by atoms with Crippen LogP contribution in [-0.2, 0) is 20.8 Å². The van der Waals surface area contributed by atoms with Crippen molar-refractivity contribution in [2.75, 3.05) is 12.4 Å². The van der Waals surface area contributed by atoms with Crippen LogP contribution in [0, 0.1) is 0 Å². The fraction of sp³-hybridized carbons (Fsp3) is 0.818. The Morgan fingerprint density at radius 3 is 2.58 bits per heavy atom. The Morgan fingerprint density at radius 2 is 2.05 bits per heavy atom. The van der Waals surface area contributed by atoms with Gasteiger partial charge in [0, 0.05) is 12.7 Å². The van der Waals surface area contributed by atoms with Crippen LogP contribution < -0.4 is 5.32 Å². The van der Waals surface area contributed by atoms with Gasteiger partial charge in [0.2, 0.25) is 0 Å². The molecule has 0 aromatic carbocycles. The minimum atomic E-state index is -3.39. The summed E-state index contributed by atoms with van der Waals surface area (Å²) in [6.07, 6.45) is 3.11. The third-order valence-electron chi connectivity index (χ3n) is 2.56. The fourth-order valence-electron chi connectivity index (χ4n) is 1.42. The molecule has 0 aliphatic heterocycles. The predicted molar refractivity (Wildman–Crippen MR) is 77.6 cm³/mol. The van der Waals surface area contributed by atoms with Gasteiger partial charge in [-0.05, 0) is 12.8 Å². The summed E-state index contributed by atoms with van der Waals surface area (Å²) in [7, 11) is -4.83. The monoisotopic (exact) mass is 305 g/mol. The highest BCUT2D eigenvalue weighted by molar-refractivity contribution is 7.86. The lowest BCUT2D eigenvalue weighted by Gasteiger charge is -2.09. The molecule has 1 aromatic rings. The average molecular weight is 305 g/mol. The van der Waals surface area contributed by atoms with Crippen LogP contribution >= 0.6 is 0 Å². The molecule has 0 saturated carbocycles. The highest BCUT2D eigenvalue weighted by Gasteiger charge is 2.20. The van der Waals surface area contributed by atoms with Gasteiger partial charge in [-0.3, -0.25) is 8.86 Å². The number of hydrogen-bond acceptors (Lipinski definition) is 5. The Morgan fingerprint density at radius 1 is 1.37 bits per heavy atom. The normalized spacial score (nSPS) is 12.8. The number of aryl methyl sites for hydroxylation is 1. The first-order valence-corrected chi connectivity index (χ1v) is 11.6. The van der Waals surface area contributed by atoms with Crippen molar-refractivity contribution in [1.82, 2.24) is 15.0 Å². The van der Waals surface area contributed by atoms with Gasteiger partial charge in [0.25, 0.3) is 10.1 Å². The summed E-state index contributed by atoms with van der Waals surface area (Å²) in [5.41, 5.74) is 0. The highest BCUT2D eigenvalue weighted by atomic mass is 32.2. The van der Waals surface area contributed by atoms with Crippen LogP contribution in [-0.4, -0.2) is 43.8 Å². The molecular weight excluding hydrogens is 282 g/mol. The maximum absolute atomic E-state index is 11.5. The standard InChI is InChI=1S/C11H23N3O3SSi/c1-5-8-17-18(15,16)9-6-7-14-10-11(12-13-14)19(2,3)4/h10H,5-9H2,1-4H3. The topological polar surface area (TPSA) is 74.1 Å². The molecule has 0 spiro atoms. The fourth-order valence-corrected chi connectivity index (χ4v) is 3.33. The van der Waals surface area contributed by atoms with Crippen LogP contribution in [0.15, 0.2) is 6.20 Å². The number of rotatable bonds is 8. The van der Waals surface area contributed by atoms with E-state index in [-0.39, 0.29) is 12.4 Å². The van der Waals surface area contributed by atoms with E-state index in [2.05, 4.69) is 30.0 Å². The minimum absolute atomic E-state index is 0.0230. The van der Waals surface area contributed by atoms with Crippen molar-refractivity contribution < 1.29 is 12.6 Å². The Labute approximate surface area is 116 Å². The van der Waals surface area contributed by atoms with E-state index in [0.717, 1.165) is 5.32 Å². The molecule has 0 saturated heterocycles. The van der Waals surface area contributed by atoms with E-state index in [0.29, 0.717) is 19.4 Å². The molecular formula is C11H23N3O3SSi. The van der Waals surface area contributed by atoms with Crippen molar-refractivity contribution in [1.29, 1.82) is 0 Å². The summed E-state index contributed by atoms with van der Waals surface area (Å²) in [6.45, 7) is 9.28. The molecule has 1 aromatic heterocycles. The van der Waals surface area contributed by atoms with Gasteiger partial charge in [0.05, 0.1) is 17.7 Å². The second-order valence-electron chi connectivity index (χ2n) is 5.55. The lowest BCUT2D eigenvalue weighted by molar-refractivity contribution is 0.317. The molecule has 0 amide bonds. The molecule has 19 heavy (non-hydrogen) atoms. The SMILES string of the molecule is CCCOS(=O)(=O)CCCn1cc([Si](C)(C)C)nn1. The van der Waals surface area contributed by atoms with Crippen LogP contribution in [0.3, 0.4) is 0 Å². The Balaban J connectivity index is 2.44. The van der Waals surface area contributed by atoms with E-state index in [4.69, 9.17) is 4.18 Å². The Hall–Kier alpha value is -0.733. The van der Waals surface area contributed by atoms with Crippen LogP contribution in [0.25, 0.3) is 0 Å². The minimum Gasteiger partial charge on any atom is -0.270 e. The zero-order valence-electron chi connectivity index (χ0n) is 12.1. The van der Waals surface area contributed by atoms with Crippen molar-refractivity contribution in [2.24, 2.45) is 0 Å². The van der Waals surface area contributed by atoms with Crippen LogP contribution in [0.1, 0.15) is 19.8 Å². The quantitative estimate of drug-likeness (QED) is 0.528. The van der Waals surface area contributed by atoms with Gasteiger partial charge in [-0.15, -0.1) is 5.10 Å². The summed E-state index contributed by atoms with van der Waals surface area (Å²) in [5.74, 6) is 0.0230. The molecule has 8 heteroatoms. The van der Waals surface area contributed by atoms with Gasteiger partial charge in [-0.25, -0.2) is 0 Å². The van der Waals surface area contributed by atoms with E-state index in [9.17, 15) is 8.42 Å². The van der Waals surface area contributed by atoms with Gasteiger partial charge in [-0.2, -0.15) is 8.42 Å². The van der Waals surface area contributed by atoms with Crippen molar-refractivity contribution in [3.63, 3.8) is 0 Å². The summed E-state index contributed by atoms with van der Waals surface area (Å²) >= 11 is 0. The van der Waals surface area contributed by atoms with E-state index in [1.807, 2.05) is 13.1 Å². The highest BCUT2D eigenvalue weighted by Crippen LogP contribution is 2.01. The molecule has 0 aliphatic rings. The third-order valence-corrected chi connectivity index (χ3v) is 5.64. The molecule has 110 valence electrons. The summed E-state index contributed by atoms with van der Waals surface area (Å²) in [6, 6.07) is 0. The first kappa shape index (κ1) is 16.3. The molecule has 0 atom stereocenters. The van der Waals surface area contributed by atoms with Crippen molar-refractivity contribution in [3.05, 3.63) is 6.20 Å². The number of aromatic nitrogens is 3. The van der Waals surface area contributed by atoms with Gasteiger partial charge < -0.3 is 0 Å². The Kier molecular flexibility index (Phi) is 5.69. The van der Waals surface area contributed by atoms with Gasteiger partial charge >= 0.3 is 0 Å². The largest absolute Gasteiger partial charge is 0.270 e. The van der Waals surface area contributed by atoms with Crippen LogP contribution in [0.2, 0.25) is 19.6 Å². The first-order chi connectivity index (χ1) is 8.74. The summed E-state index contributed by atoms with van der Waals surface area (Å²) in [4.78, 5) is 0. The maximum Gasteiger partial charge on any atom is 0.267 e. The summed E-state index contributed by atoms with van der Waals surface area (Å²) < 4.78 is 29.5. The van der Waals surface area contributed by atoms with Gasteiger partial charge in [0.1, 0.15) is 8.07 Å². The van der Waals surface area contributed by atoms with Crippen molar-refractivity contribution >= 4 is 23.5 Å². The molecule has 1 heterocycles. The maximum atomic E-state index is 11.5. The van der Waals surface area contributed by atoms with E-state index < -0.39 is 18.2 Å². The first-order valence-electron chi connectivity index (χ1n) is 6.52. The number of hydrogen-bond donors (Lipinski definition) is 0. The van der Waals surface area contributed by atoms with Crippen molar-refractivity contribution in [2.45, 2.75) is 46.0 Å². The zero-order valence-corrected chi connectivity index (χ0v) is 13.9. The molecule has 0 aliphatic carbocycles. The summed E-state index contributed by atoms with van der Waals surface area (Å²) in [5, 5.41) is 9.22. The van der Waals surface area contributed by atoms with Gasteiger partial charge in [0.15, 0.2) is 0 Å². The second kappa shape index (κ2) is 6.62. The van der Waals surface area contributed by atoms with E-state index in [1.54, 1.807) is 4.68 Å². The predicted octanol–water partition coefficient (Wildman–Crippen LogP) is 0.970. The van der Waals surface area contributed by atoms with Crippen LogP contribution in [0.5, 0.6) is 0 Å². The lowest BCUT2D eigenvalue weighted by atomic mass is 10.5. The second-order valence-corrected chi connectivity index (χ2v) is 12.3. The van der Waals surface area contributed by atoms with Crippen molar-refractivity contribution in [3.8, 4) is 0 Å². The lowest BCUT2D eigenvalue weighted by Crippen LogP contribution is -2.38. The number of nitrogens with zero attached hydrogens (tertiary/aromatic N) is 3.